The number of hydrogen-bond donors (Lipinski definition) is 3. The van der Waals surface area contributed by atoms with Crippen molar-refractivity contribution in [1.29, 1.82) is 0 Å². The summed E-state index contributed by atoms with van der Waals surface area (Å²) in [5.74, 6) is 0.832. The first-order chi connectivity index (χ1) is 5.02. The molecule has 0 fully saturated rings. The van der Waals surface area contributed by atoms with Crippen LogP contribution in [0, 0.1) is 0 Å². The molecule has 2 unspecified atom stereocenters. The third-order valence-electron chi connectivity index (χ3n) is 0.948. The zero-order valence-corrected chi connectivity index (χ0v) is 7.64. The first-order valence-electron chi connectivity index (χ1n) is 3.40. The molecule has 0 aromatic rings. The molecule has 5 heteroatoms. The highest BCUT2D eigenvalue weighted by molar-refractivity contribution is 7.99. The van der Waals surface area contributed by atoms with Gasteiger partial charge in [-0.05, 0) is 13.8 Å². The number of thioether (sulfide) groups is 1. The van der Waals surface area contributed by atoms with E-state index in [1.54, 1.807) is 6.92 Å². The number of aliphatic imine (C=N–C) groups is 1. The van der Waals surface area contributed by atoms with E-state index in [1.165, 1.54) is 11.8 Å². The molecular weight excluding hydrogens is 162 g/mol. The van der Waals surface area contributed by atoms with E-state index in [-0.39, 0.29) is 17.4 Å². The Kier molecular flexibility index (Phi) is 5.06. The van der Waals surface area contributed by atoms with Gasteiger partial charge in [0.15, 0.2) is 5.96 Å². The summed E-state index contributed by atoms with van der Waals surface area (Å²) in [4.78, 5) is 3.89. The summed E-state index contributed by atoms with van der Waals surface area (Å²) in [7, 11) is 0. The van der Waals surface area contributed by atoms with Crippen LogP contribution >= 0.6 is 11.8 Å². The van der Waals surface area contributed by atoms with Gasteiger partial charge in [0, 0.05) is 5.75 Å². The Morgan fingerprint density at radius 2 is 2.09 bits per heavy atom. The lowest BCUT2D eigenvalue weighted by Crippen LogP contribution is -2.25. The van der Waals surface area contributed by atoms with Gasteiger partial charge in [0.2, 0.25) is 0 Å². The molecule has 0 rings (SSSR count). The number of aliphatic hydroxyl groups is 1. The molecule has 0 aromatic carbocycles. The van der Waals surface area contributed by atoms with Crippen LogP contribution in [0.2, 0.25) is 0 Å². The maximum atomic E-state index is 8.89. The Bertz CT molecular complexity index is 134. The van der Waals surface area contributed by atoms with Crippen LogP contribution in [0.4, 0.5) is 0 Å². The number of guanidine groups is 1. The molecule has 0 heterocycles. The van der Waals surface area contributed by atoms with Gasteiger partial charge in [-0.2, -0.15) is 0 Å². The van der Waals surface area contributed by atoms with Crippen molar-refractivity contribution < 1.29 is 5.11 Å². The van der Waals surface area contributed by atoms with E-state index in [0.717, 1.165) is 5.75 Å². The minimum atomic E-state index is -0.355. The van der Waals surface area contributed by atoms with Crippen LogP contribution in [0.5, 0.6) is 0 Å². The molecule has 0 radical (unpaired) electrons. The van der Waals surface area contributed by atoms with Crippen molar-refractivity contribution in [2.45, 2.75) is 25.3 Å². The minimum Gasteiger partial charge on any atom is -0.383 e. The normalized spacial score (nSPS) is 15.5. The van der Waals surface area contributed by atoms with Gasteiger partial charge in [0.05, 0.1) is 11.5 Å². The lowest BCUT2D eigenvalue weighted by Gasteiger charge is -2.07. The summed E-state index contributed by atoms with van der Waals surface area (Å²) in [6, 6.07) is 0.0691. The van der Waals surface area contributed by atoms with Crippen molar-refractivity contribution in [1.82, 2.24) is 0 Å². The van der Waals surface area contributed by atoms with E-state index >= 15 is 0 Å². The van der Waals surface area contributed by atoms with E-state index in [9.17, 15) is 0 Å². The number of rotatable bonds is 4. The Morgan fingerprint density at radius 3 is 2.45 bits per heavy atom. The van der Waals surface area contributed by atoms with Crippen molar-refractivity contribution in [2.24, 2.45) is 16.5 Å². The first kappa shape index (κ1) is 10.6. The molecule has 11 heavy (non-hydrogen) atoms. The van der Waals surface area contributed by atoms with Gasteiger partial charge >= 0.3 is 0 Å². The quantitative estimate of drug-likeness (QED) is 0.313. The smallest absolute Gasteiger partial charge is 0.186 e. The van der Waals surface area contributed by atoms with E-state index in [0.29, 0.717) is 0 Å². The highest BCUT2D eigenvalue weighted by atomic mass is 32.2. The molecule has 0 saturated heterocycles. The molecule has 0 aliphatic rings. The summed E-state index contributed by atoms with van der Waals surface area (Å²) < 4.78 is 0. The van der Waals surface area contributed by atoms with Crippen LogP contribution < -0.4 is 11.5 Å². The number of hydrogen-bond acceptors (Lipinski definition) is 3. The highest BCUT2D eigenvalue weighted by Crippen LogP contribution is 2.09. The van der Waals surface area contributed by atoms with Crippen molar-refractivity contribution in [3.05, 3.63) is 0 Å². The number of aliphatic hydroxyl groups excluding tert-OH is 1. The maximum absolute atomic E-state index is 8.89. The number of nitrogens with two attached hydrogens (primary N) is 2. The zero-order valence-electron chi connectivity index (χ0n) is 6.82. The molecule has 0 aliphatic heterocycles. The van der Waals surface area contributed by atoms with E-state index in [1.807, 2.05) is 6.92 Å². The van der Waals surface area contributed by atoms with Crippen LogP contribution in [-0.4, -0.2) is 28.3 Å². The maximum Gasteiger partial charge on any atom is 0.186 e. The summed E-state index contributed by atoms with van der Waals surface area (Å²) in [5.41, 5.74) is 9.96. The van der Waals surface area contributed by atoms with Crippen molar-refractivity contribution in [3.63, 3.8) is 0 Å². The molecular formula is C6H15N3OS. The van der Waals surface area contributed by atoms with Gasteiger partial charge in [0.1, 0.15) is 0 Å². The average molecular weight is 177 g/mol. The predicted octanol–water partition coefficient (Wildman–Crippen LogP) is -0.280. The predicted molar refractivity (Wildman–Crippen MR) is 49.4 cm³/mol. The second kappa shape index (κ2) is 5.26. The molecule has 0 aromatic heterocycles. The summed E-state index contributed by atoms with van der Waals surface area (Å²) >= 11 is 1.42. The van der Waals surface area contributed by atoms with Gasteiger partial charge in [-0.25, -0.2) is 4.99 Å². The lowest BCUT2D eigenvalue weighted by atomic mass is 10.4. The van der Waals surface area contributed by atoms with Gasteiger partial charge < -0.3 is 16.6 Å². The second-order valence-corrected chi connectivity index (χ2v) is 3.68. The van der Waals surface area contributed by atoms with E-state index in [2.05, 4.69) is 4.99 Å². The summed E-state index contributed by atoms with van der Waals surface area (Å²) in [6.07, 6.45) is 0. The first-order valence-corrected chi connectivity index (χ1v) is 4.45. The summed E-state index contributed by atoms with van der Waals surface area (Å²) in [6.45, 7) is 3.61. The van der Waals surface area contributed by atoms with Crippen molar-refractivity contribution in [2.75, 3.05) is 5.75 Å². The van der Waals surface area contributed by atoms with Crippen LogP contribution in [0.15, 0.2) is 4.99 Å². The molecule has 5 N–H and O–H groups in total. The lowest BCUT2D eigenvalue weighted by molar-refractivity contribution is 0.284. The minimum absolute atomic E-state index is 0.0691. The van der Waals surface area contributed by atoms with Crippen LogP contribution in [-0.2, 0) is 0 Å². The third-order valence-corrected chi connectivity index (χ3v) is 2.11. The average Bonchev–Trinajstić information content (AvgIpc) is 1.82. The molecule has 0 aliphatic carbocycles. The molecule has 0 spiro atoms. The van der Waals surface area contributed by atoms with Crippen LogP contribution in [0.3, 0.4) is 0 Å². The van der Waals surface area contributed by atoms with Gasteiger partial charge in [-0.1, -0.05) is 0 Å². The monoisotopic (exact) mass is 177 g/mol. The van der Waals surface area contributed by atoms with Crippen LogP contribution in [0.25, 0.3) is 0 Å². The van der Waals surface area contributed by atoms with Crippen LogP contribution in [0.1, 0.15) is 13.8 Å². The van der Waals surface area contributed by atoms with Gasteiger partial charge in [0.25, 0.3) is 0 Å². The third kappa shape index (κ3) is 7.48. The topological polar surface area (TPSA) is 84.6 Å². The zero-order chi connectivity index (χ0) is 8.85. The molecule has 0 amide bonds. The summed E-state index contributed by atoms with van der Waals surface area (Å²) in [5, 5.41) is 8.89. The van der Waals surface area contributed by atoms with Crippen molar-refractivity contribution >= 4 is 17.7 Å². The number of nitrogens with zero attached hydrogens (tertiary/aromatic N) is 1. The Balaban J connectivity index is 3.53. The second-order valence-electron chi connectivity index (χ2n) is 2.34. The van der Waals surface area contributed by atoms with E-state index in [4.69, 9.17) is 16.6 Å². The fourth-order valence-corrected chi connectivity index (χ4v) is 1.20. The Labute approximate surface area is 71.1 Å². The Hall–Kier alpha value is -0.420. The molecule has 66 valence electrons. The van der Waals surface area contributed by atoms with Gasteiger partial charge in [-0.3, -0.25) is 0 Å². The fraction of sp³-hybridized carbons (Fsp3) is 0.833. The SMILES string of the molecule is CC(CSC(C)O)N=C(N)N. The highest BCUT2D eigenvalue weighted by Gasteiger charge is 2.02. The largest absolute Gasteiger partial charge is 0.383 e. The van der Waals surface area contributed by atoms with E-state index < -0.39 is 0 Å². The van der Waals surface area contributed by atoms with Gasteiger partial charge in [-0.15, -0.1) is 11.8 Å². The fourth-order valence-electron chi connectivity index (χ4n) is 0.570. The molecule has 0 saturated carbocycles. The molecule has 0 bridgehead atoms. The molecule has 4 nitrogen and oxygen atoms in total. The standard InChI is InChI=1S/C6H15N3OS/c1-4(9-6(7)8)3-11-5(2)10/h4-5,10H,3H2,1-2H3,(H4,7,8,9). The Morgan fingerprint density at radius 1 is 1.55 bits per heavy atom. The molecule has 2 atom stereocenters. The van der Waals surface area contributed by atoms with Crippen molar-refractivity contribution in [3.8, 4) is 0 Å².